The van der Waals surface area contributed by atoms with Gasteiger partial charge in [0.2, 0.25) is 0 Å². The minimum atomic E-state index is -2.09. The number of nitrogens with zero attached hydrogens (tertiary/aromatic N) is 2. The van der Waals surface area contributed by atoms with E-state index in [-0.39, 0.29) is 16.5 Å². The summed E-state index contributed by atoms with van der Waals surface area (Å²) in [5, 5.41) is -0.0159. The molecule has 0 saturated heterocycles. The van der Waals surface area contributed by atoms with Gasteiger partial charge in [-0.3, -0.25) is 0 Å². The second-order valence-electron chi connectivity index (χ2n) is 5.46. The summed E-state index contributed by atoms with van der Waals surface area (Å²) in [4.78, 5) is 14.4. The van der Waals surface area contributed by atoms with Crippen LogP contribution in [0.2, 0.25) is 18.1 Å². The van der Waals surface area contributed by atoms with Gasteiger partial charge in [-0.05, 0) is 31.1 Å². The van der Waals surface area contributed by atoms with Crippen molar-refractivity contribution in [3.8, 4) is 0 Å². The second kappa shape index (κ2) is 5.98. The molecular weight excluding hydrogens is 248 g/mol. The van der Waals surface area contributed by atoms with E-state index in [1.807, 2.05) is 13.1 Å². The van der Waals surface area contributed by atoms with E-state index in [2.05, 4.69) is 30.3 Å². The fraction of sp³-hybridized carbons (Fsp3) is 0.667. The Bertz CT molecular complexity index is 402. The quantitative estimate of drug-likeness (QED) is 0.197. The lowest BCUT2D eigenvalue weighted by atomic mass is 10.2. The lowest BCUT2D eigenvalue weighted by Gasteiger charge is -2.36. The number of allylic oxidation sites excluding steroid dienone is 1. The van der Waals surface area contributed by atoms with Gasteiger partial charge in [0.15, 0.2) is 5.76 Å². The topological polar surface area (TPSA) is 71.9 Å². The molecule has 0 rings (SSSR count). The van der Waals surface area contributed by atoms with Gasteiger partial charge in [0.25, 0.3) is 8.32 Å². The van der Waals surface area contributed by atoms with Gasteiger partial charge >= 0.3 is 11.7 Å². The molecule has 0 aromatic rings. The monoisotopic (exact) mass is 270 g/mol. The van der Waals surface area contributed by atoms with Crippen LogP contribution in [-0.2, 0) is 14.0 Å². The Hall–Kier alpha value is -1.39. The Morgan fingerprint density at radius 2 is 1.83 bits per heavy atom. The first-order chi connectivity index (χ1) is 8.10. The van der Waals surface area contributed by atoms with Crippen molar-refractivity contribution in [1.82, 2.24) is 0 Å². The largest absolute Gasteiger partial charge is 0.538 e. The highest BCUT2D eigenvalue weighted by molar-refractivity contribution is 6.74. The molecule has 6 heteroatoms. The van der Waals surface area contributed by atoms with Crippen molar-refractivity contribution < 1.29 is 18.7 Å². The van der Waals surface area contributed by atoms with Gasteiger partial charge in [-0.2, -0.15) is 4.79 Å². The molecular formula is C12H22N2O3Si. The summed E-state index contributed by atoms with van der Waals surface area (Å²) >= 11 is 0. The third kappa shape index (κ3) is 3.82. The van der Waals surface area contributed by atoms with Crippen molar-refractivity contribution in [3.05, 3.63) is 17.4 Å². The Morgan fingerprint density at radius 3 is 2.11 bits per heavy atom. The highest BCUT2D eigenvalue weighted by Crippen LogP contribution is 2.37. The van der Waals surface area contributed by atoms with Gasteiger partial charge in [-0.25, -0.2) is 4.79 Å². The molecule has 0 aromatic heterocycles. The van der Waals surface area contributed by atoms with E-state index in [4.69, 9.17) is 9.96 Å². The number of methoxy groups -OCH3 is 1. The van der Waals surface area contributed by atoms with E-state index in [0.717, 1.165) is 0 Å². The smallest absolute Gasteiger partial charge is 0.438 e. The number of carbonyl (C=O) groups excluding carboxylic acids is 1. The third-order valence-electron chi connectivity index (χ3n) is 3.15. The zero-order valence-electron chi connectivity index (χ0n) is 12.2. The average molecular weight is 270 g/mol. The average Bonchev–Trinajstić information content (AvgIpc) is 2.26. The zero-order valence-corrected chi connectivity index (χ0v) is 13.2. The summed E-state index contributed by atoms with van der Waals surface area (Å²) < 4.78 is 10.5. The summed E-state index contributed by atoms with van der Waals surface area (Å²) in [6.45, 7) is 12.1. The molecule has 0 aliphatic rings. The molecule has 0 heterocycles. The molecule has 0 amide bonds. The van der Waals surface area contributed by atoms with Gasteiger partial charge in [-0.15, -0.1) is 0 Å². The van der Waals surface area contributed by atoms with E-state index in [1.165, 1.54) is 7.11 Å². The normalized spacial score (nSPS) is 12.7. The zero-order chi connectivity index (χ0) is 14.6. The minimum absolute atomic E-state index is 0.0159. The number of rotatable bonds is 4. The molecule has 0 unspecified atom stereocenters. The van der Waals surface area contributed by atoms with Crippen LogP contribution in [0.15, 0.2) is 11.8 Å². The molecule has 102 valence electrons. The van der Waals surface area contributed by atoms with Crippen molar-refractivity contribution in [2.24, 2.45) is 0 Å². The molecule has 0 fully saturated rings. The molecule has 0 aliphatic carbocycles. The van der Waals surface area contributed by atoms with Crippen LogP contribution in [0.4, 0.5) is 0 Å². The van der Waals surface area contributed by atoms with Crippen LogP contribution in [0.3, 0.4) is 0 Å². The Kier molecular flexibility index (Phi) is 5.51. The number of hydrogen-bond donors (Lipinski definition) is 0. The van der Waals surface area contributed by atoms with Crippen LogP contribution in [0.5, 0.6) is 0 Å². The molecule has 0 N–H and O–H groups in total. The standard InChI is InChI=1S/C12H22N2O3Si/c1-8-9(10(14-13)11(15)16-5)17-18(6,7)12(2,3)4/h8H,1-7H3/b9-8+. The van der Waals surface area contributed by atoms with E-state index in [1.54, 1.807) is 13.0 Å². The van der Waals surface area contributed by atoms with Gasteiger partial charge in [-0.1, -0.05) is 20.8 Å². The first-order valence-electron chi connectivity index (χ1n) is 5.76. The lowest BCUT2D eigenvalue weighted by molar-refractivity contribution is -0.137. The van der Waals surface area contributed by atoms with Crippen molar-refractivity contribution in [1.29, 1.82) is 0 Å². The number of carbonyl (C=O) groups is 1. The van der Waals surface area contributed by atoms with E-state index in [0.29, 0.717) is 0 Å². The molecule has 0 spiro atoms. The summed E-state index contributed by atoms with van der Waals surface area (Å²) in [5.74, 6) is -0.458. The van der Waals surface area contributed by atoms with Crippen LogP contribution < -0.4 is 0 Å². The van der Waals surface area contributed by atoms with Gasteiger partial charge in [0.05, 0.1) is 7.11 Å². The maximum atomic E-state index is 11.5. The number of esters is 1. The van der Waals surface area contributed by atoms with Crippen molar-refractivity contribution >= 4 is 20.0 Å². The van der Waals surface area contributed by atoms with Gasteiger partial charge in [0, 0.05) is 0 Å². The van der Waals surface area contributed by atoms with Crippen molar-refractivity contribution in [3.63, 3.8) is 0 Å². The SMILES string of the molecule is C/C=C(/O[Si](C)(C)C(C)(C)C)C(=[N+]=[N-])C(=O)OC. The molecule has 0 saturated carbocycles. The maximum Gasteiger partial charge on any atom is 0.438 e. The fourth-order valence-corrected chi connectivity index (χ4v) is 2.03. The first kappa shape index (κ1) is 16.6. The van der Waals surface area contributed by atoms with E-state index in [9.17, 15) is 4.79 Å². The Morgan fingerprint density at radius 1 is 1.33 bits per heavy atom. The van der Waals surface area contributed by atoms with Crippen LogP contribution in [0.25, 0.3) is 5.53 Å². The summed E-state index contributed by atoms with van der Waals surface area (Å²) in [6, 6.07) is 0. The molecule has 0 aliphatic heterocycles. The van der Waals surface area contributed by atoms with Gasteiger partial charge < -0.3 is 14.7 Å². The summed E-state index contributed by atoms with van der Waals surface area (Å²) in [6.07, 6.45) is 1.60. The molecule has 5 nitrogen and oxygen atoms in total. The predicted octanol–water partition coefficient (Wildman–Crippen LogP) is 2.76. The molecule has 0 radical (unpaired) electrons. The minimum Gasteiger partial charge on any atom is -0.538 e. The van der Waals surface area contributed by atoms with Crippen molar-refractivity contribution in [2.75, 3.05) is 7.11 Å². The highest BCUT2D eigenvalue weighted by Gasteiger charge is 2.42. The van der Waals surface area contributed by atoms with E-state index < -0.39 is 14.3 Å². The third-order valence-corrected chi connectivity index (χ3v) is 7.49. The summed E-state index contributed by atoms with van der Waals surface area (Å²) in [7, 11) is -0.865. The van der Waals surface area contributed by atoms with Crippen LogP contribution in [-0.4, -0.2) is 31.9 Å². The van der Waals surface area contributed by atoms with Crippen molar-refractivity contribution in [2.45, 2.75) is 45.8 Å². The summed E-state index contributed by atoms with van der Waals surface area (Å²) in [5.41, 5.74) is 8.71. The maximum absolute atomic E-state index is 11.5. The number of ether oxygens (including phenoxy) is 1. The van der Waals surface area contributed by atoms with Crippen LogP contribution >= 0.6 is 0 Å². The highest BCUT2D eigenvalue weighted by atomic mass is 28.4. The Balaban J connectivity index is 5.30. The van der Waals surface area contributed by atoms with Crippen LogP contribution in [0.1, 0.15) is 27.7 Å². The molecule has 18 heavy (non-hydrogen) atoms. The Labute approximate surface area is 110 Å². The van der Waals surface area contributed by atoms with E-state index >= 15 is 0 Å². The lowest BCUT2D eigenvalue weighted by Crippen LogP contribution is -2.42. The van der Waals surface area contributed by atoms with Gasteiger partial charge in [0.1, 0.15) is 0 Å². The van der Waals surface area contributed by atoms with Crippen LogP contribution in [0, 0.1) is 0 Å². The number of hydrogen-bond acceptors (Lipinski definition) is 3. The second-order valence-corrected chi connectivity index (χ2v) is 10.2. The molecule has 0 aromatic carbocycles. The fourth-order valence-electron chi connectivity index (χ4n) is 0.959. The predicted molar refractivity (Wildman–Crippen MR) is 72.7 cm³/mol. The molecule has 0 atom stereocenters. The first-order valence-corrected chi connectivity index (χ1v) is 8.67. The molecule has 0 bridgehead atoms.